The molecule has 2 unspecified atom stereocenters. The summed E-state index contributed by atoms with van der Waals surface area (Å²) in [6.07, 6.45) is -15.5. The maximum Gasteiger partial charge on any atom is 0.508 e. The van der Waals surface area contributed by atoms with Gasteiger partial charge in [0, 0.05) is 47.1 Å². The molecule has 103 heavy (non-hydrogen) atoms. The molecule has 4 N–H and O–H groups in total. The molecule has 0 aromatic heterocycles. The first kappa shape index (κ1) is 75.8. The van der Waals surface area contributed by atoms with Crippen molar-refractivity contribution in [3.8, 4) is 11.1 Å². The topological polar surface area (TPSA) is 321 Å². The minimum atomic E-state index is -1.52. The van der Waals surface area contributed by atoms with E-state index in [2.05, 4.69) is 16.0 Å². The Kier molecular flexibility index (Phi) is 25.8. The monoisotopic (exact) mass is 1450 g/mol. The summed E-state index contributed by atoms with van der Waals surface area (Å²) in [5.41, 5.74) is 5.88. The number of likely N-dealkylation sites (tertiary alicyclic amines) is 2. The first-order valence-corrected chi connectivity index (χ1v) is 35.3. The van der Waals surface area contributed by atoms with E-state index in [0.29, 0.717) is 5.75 Å². The number of carbonyl (C=O) groups is 7. The summed E-state index contributed by atoms with van der Waals surface area (Å²) in [5.74, 6) is -5.71. The van der Waals surface area contributed by atoms with Crippen molar-refractivity contribution >= 4 is 53.8 Å². The number of ether oxygens (including phenoxy) is 15. The third kappa shape index (κ3) is 17.9. The fraction of sp³-hybridized carbons (Fsp3) is 0.500. The molecule has 0 spiro atoms. The van der Waals surface area contributed by atoms with E-state index >= 15 is 0 Å². The molecule has 5 saturated heterocycles. The molecule has 0 radical (unpaired) electrons. The van der Waals surface area contributed by atoms with E-state index in [1.54, 1.807) is 13.8 Å². The summed E-state index contributed by atoms with van der Waals surface area (Å²) in [6, 6.07) is 41.6. The van der Waals surface area contributed by atoms with Crippen LogP contribution in [0.3, 0.4) is 0 Å². The second kappa shape index (κ2) is 35.0. The van der Waals surface area contributed by atoms with Crippen LogP contribution in [0.15, 0.2) is 140 Å². The summed E-state index contributed by atoms with van der Waals surface area (Å²) in [4.78, 5) is 99.8. The quantitative estimate of drug-likeness (QED) is 0.0324. The highest BCUT2D eigenvalue weighted by Gasteiger charge is 2.63. The predicted molar refractivity (Wildman–Crippen MR) is 367 cm³/mol. The van der Waals surface area contributed by atoms with Crippen LogP contribution in [0.2, 0.25) is 0 Å². The SMILES string of the molecule is CCS[C@@H]1O[C@H](COC(=O)OC2C[C@@H](C(=O)NCC(=O)NC)N(C(=O)CNC(=O)[C@@H]3CC(OC(=O)OC[C@H]4O[C@@H](OC)[C@@H]5O[C@@](C)(OC)[C@](C)(OC)O[C@H]5[C@H]4O)CN3C(=O)OCC3c4ccccc4-c4ccccc43)C2)[C@@H](OCc2ccccc2)[C@H](OCc2ccccc2)[C@H]1OCc1ccccc1. The molecule has 5 fully saturated rings. The first-order chi connectivity index (χ1) is 49.8. The van der Waals surface area contributed by atoms with Crippen molar-refractivity contribution in [2.24, 2.45) is 0 Å². The molecule has 5 aromatic rings. The number of likely N-dealkylation sites (N-methyl/N-ethyl adjacent to an activating group) is 1. The number of carbonyl (C=O) groups excluding carboxylic acids is 7. The highest BCUT2D eigenvalue weighted by molar-refractivity contribution is 7.99. The molecule has 0 bridgehead atoms. The van der Waals surface area contributed by atoms with Crippen LogP contribution >= 0.6 is 11.8 Å². The molecule has 5 heterocycles. The van der Waals surface area contributed by atoms with E-state index in [4.69, 9.17) is 71.1 Å². The number of hydrogen-bond acceptors (Lipinski definition) is 24. The summed E-state index contributed by atoms with van der Waals surface area (Å²) in [7, 11) is 5.52. The Morgan fingerprint density at radius 1 is 0.563 bits per heavy atom. The molecule has 6 aliphatic rings. The van der Waals surface area contributed by atoms with Crippen molar-refractivity contribution in [2.45, 2.75) is 156 Å². The zero-order chi connectivity index (χ0) is 72.8. The second-order valence-corrected chi connectivity index (χ2v) is 27.1. The van der Waals surface area contributed by atoms with Crippen molar-refractivity contribution in [3.05, 3.63) is 167 Å². The lowest BCUT2D eigenvalue weighted by molar-refractivity contribution is -0.483. The van der Waals surface area contributed by atoms with Crippen molar-refractivity contribution in [2.75, 3.05) is 80.1 Å². The van der Waals surface area contributed by atoms with Gasteiger partial charge in [-0.25, -0.2) is 14.4 Å². The summed E-state index contributed by atoms with van der Waals surface area (Å²) in [5, 5.41) is 19.1. The smallest absolute Gasteiger partial charge is 0.448 e. The maximum absolute atomic E-state index is 14.6. The Morgan fingerprint density at radius 3 is 1.56 bits per heavy atom. The molecule has 16 atom stereocenters. The van der Waals surface area contributed by atoms with Crippen LogP contribution in [-0.4, -0.2) is 233 Å². The van der Waals surface area contributed by atoms with E-state index in [9.17, 15) is 38.7 Å². The van der Waals surface area contributed by atoms with Crippen LogP contribution in [0.1, 0.15) is 67.3 Å². The van der Waals surface area contributed by atoms with Gasteiger partial charge in [0.2, 0.25) is 35.2 Å². The van der Waals surface area contributed by atoms with Gasteiger partial charge in [0.05, 0.1) is 46.0 Å². The Hall–Kier alpha value is -8.30. The molecule has 1 aliphatic carbocycles. The maximum atomic E-state index is 14.6. The van der Waals surface area contributed by atoms with Crippen LogP contribution in [0.4, 0.5) is 14.4 Å². The van der Waals surface area contributed by atoms with Gasteiger partial charge < -0.3 is 97.0 Å². The van der Waals surface area contributed by atoms with Gasteiger partial charge >= 0.3 is 18.4 Å². The van der Waals surface area contributed by atoms with Gasteiger partial charge in [0.1, 0.15) is 98.4 Å². The minimum Gasteiger partial charge on any atom is -0.448 e. The van der Waals surface area contributed by atoms with Gasteiger partial charge in [0.25, 0.3) is 0 Å². The predicted octanol–water partition coefficient (Wildman–Crippen LogP) is 6.11. The van der Waals surface area contributed by atoms with Crippen LogP contribution in [0.25, 0.3) is 11.1 Å². The minimum absolute atomic E-state index is 0.136. The number of thioether (sulfide) groups is 1. The van der Waals surface area contributed by atoms with Crippen molar-refractivity contribution in [1.82, 2.24) is 25.8 Å². The number of nitrogens with zero attached hydrogens (tertiary/aromatic N) is 2. The van der Waals surface area contributed by atoms with Crippen molar-refractivity contribution in [1.29, 1.82) is 0 Å². The summed E-state index contributed by atoms with van der Waals surface area (Å²) >= 11 is 1.49. The summed E-state index contributed by atoms with van der Waals surface area (Å²) in [6.45, 7) is 2.67. The van der Waals surface area contributed by atoms with Crippen molar-refractivity contribution in [3.63, 3.8) is 0 Å². The second-order valence-electron chi connectivity index (χ2n) is 25.7. The Balaban J connectivity index is 0.765. The lowest BCUT2D eigenvalue weighted by atomic mass is 9.94. The standard InChI is InChI=1S/C74H89N5O23S/c1-8-103-69-65(93-40-46-26-16-11-17-27-46)63(92-39-45-24-14-10-15-25-45)61(91-38-44-22-12-9-13-23-44)57(100-69)43-96-72(87)97-47-32-54(66(83)76-34-58(80)75-4)78(36-47)59(81)35-77-67(84)55-33-48(37-79(55)70(85)94-41-53-51-30-20-18-28-49(51)50-29-19-21-31-52(50)53)98-71(86)95-42-56-60(82)62-64(68(88-5)99-56)102-74(3,90-7)73(2,89-6)101-62/h9-31,47-48,53-57,60-65,68-69,82H,8,32-43H2,1-7H3,(H,75,80)(H,76,83)(H,77,84)/t47?,48?,54-,55-,56+,57+,60-,61+,62-,63-,64+,65+,68+,69-,73+,74+/m0/s1. The van der Waals surface area contributed by atoms with E-state index < -0.39 is 158 Å². The number of amides is 5. The Labute approximate surface area is 601 Å². The number of aliphatic hydroxyl groups excluding tert-OH is 1. The van der Waals surface area contributed by atoms with Crippen LogP contribution in [0, 0.1) is 0 Å². The third-order valence-electron chi connectivity index (χ3n) is 19.3. The normalized spacial score (nSPS) is 28.6. The number of nitrogens with one attached hydrogen (secondary N) is 3. The molecule has 29 heteroatoms. The highest BCUT2D eigenvalue weighted by Crippen LogP contribution is 2.46. The fourth-order valence-corrected chi connectivity index (χ4v) is 14.6. The van der Waals surface area contributed by atoms with Crippen LogP contribution in [-0.2, 0) is 110 Å². The number of rotatable bonds is 28. The number of aliphatic hydroxyl groups is 1. The summed E-state index contributed by atoms with van der Waals surface area (Å²) < 4.78 is 91.3. The Bertz CT molecular complexity index is 3660. The molecule has 11 rings (SSSR count). The lowest BCUT2D eigenvalue weighted by Gasteiger charge is -2.56. The van der Waals surface area contributed by atoms with Gasteiger partial charge in [-0.1, -0.05) is 146 Å². The zero-order valence-electron chi connectivity index (χ0n) is 58.4. The van der Waals surface area contributed by atoms with E-state index in [1.165, 1.54) is 40.1 Å². The van der Waals surface area contributed by atoms with Gasteiger partial charge in [-0.15, -0.1) is 11.8 Å². The number of fused-ring (bicyclic) bond motifs is 4. The van der Waals surface area contributed by atoms with Crippen LogP contribution in [0.5, 0.6) is 0 Å². The fourth-order valence-electron chi connectivity index (χ4n) is 13.7. The third-order valence-corrected chi connectivity index (χ3v) is 20.4. The highest BCUT2D eigenvalue weighted by atomic mass is 32.2. The molecule has 554 valence electrons. The average Bonchev–Trinajstić information content (AvgIpc) is 1.18. The van der Waals surface area contributed by atoms with Crippen LogP contribution < -0.4 is 16.0 Å². The van der Waals surface area contributed by atoms with E-state index in [1.807, 2.05) is 146 Å². The largest absolute Gasteiger partial charge is 0.508 e. The molecule has 5 aliphatic heterocycles. The number of benzene rings is 5. The zero-order valence-corrected chi connectivity index (χ0v) is 59.2. The molecular formula is C74H89N5O23S. The number of methoxy groups -OCH3 is 3. The van der Waals surface area contributed by atoms with Gasteiger partial charge in [-0.05, 0) is 58.5 Å². The van der Waals surface area contributed by atoms with Gasteiger partial charge in [-0.3, -0.25) is 24.1 Å². The Morgan fingerprint density at radius 2 is 1.04 bits per heavy atom. The molecule has 5 aromatic carbocycles. The van der Waals surface area contributed by atoms with Crippen molar-refractivity contribution < 1.29 is 110 Å². The molecule has 28 nitrogen and oxygen atoms in total. The van der Waals surface area contributed by atoms with Gasteiger partial charge in [-0.2, -0.15) is 0 Å². The van der Waals surface area contributed by atoms with E-state index in [-0.39, 0.29) is 64.9 Å². The molecule has 5 amide bonds. The van der Waals surface area contributed by atoms with E-state index in [0.717, 1.165) is 48.7 Å². The molecule has 0 saturated carbocycles. The lowest BCUT2D eigenvalue weighted by Crippen LogP contribution is -2.73. The molecular weight excluding hydrogens is 1360 g/mol. The van der Waals surface area contributed by atoms with Gasteiger partial charge in [0.15, 0.2) is 6.29 Å². The first-order valence-electron chi connectivity index (χ1n) is 34.2. The average molecular weight is 1450 g/mol. The number of hydrogen-bond donors (Lipinski definition) is 4.